The van der Waals surface area contributed by atoms with Gasteiger partial charge in [-0.1, -0.05) is 78.1 Å². The Labute approximate surface area is 116 Å². The third kappa shape index (κ3) is 15.6. The van der Waals surface area contributed by atoms with Crippen molar-refractivity contribution < 1.29 is 0 Å². The normalized spacial score (nSPS) is 10.1. The van der Waals surface area contributed by atoms with Crippen molar-refractivity contribution in [2.75, 3.05) is 0 Å². The van der Waals surface area contributed by atoms with E-state index in [2.05, 4.69) is 25.7 Å². The van der Waals surface area contributed by atoms with Gasteiger partial charge in [0.15, 0.2) is 0 Å². The third-order valence-corrected chi connectivity index (χ3v) is 3.44. The number of hydrogen-bond donors (Lipinski definition) is 0. The van der Waals surface area contributed by atoms with E-state index in [4.69, 9.17) is 0 Å². The van der Waals surface area contributed by atoms with Crippen LogP contribution in [0.2, 0.25) is 0 Å². The third-order valence-electron chi connectivity index (χ3n) is 3.44. The predicted molar refractivity (Wildman–Crippen MR) is 83.8 cm³/mol. The molecule has 0 saturated carbocycles. The molecule has 0 bridgehead atoms. The van der Waals surface area contributed by atoms with Crippen LogP contribution < -0.4 is 0 Å². The zero-order valence-electron chi connectivity index (χ0n) is 12.9. The second-order valence-electron chi connectivity index (χ2n) is 5.39. The Hall–Kier alpha value is -0.440. The second-order valence-corrected chi connectivity index (χ2v) is 5.39. The molecule has 0 fully saturated rings. The lowest BCUT2D eigenvalue weighted by Crippen LogP contribution is -1.80. The van der Waals surface area contributed by atoms with Crippen LogP contribution >= 0.6 is 0 Å². The first-order valence-electron chi connectivity index (χ1n) is 8.37. The van der Waals surface area contributed by atoms with Crippen LogP contribution in [0, 0.1) is 11.8 Å². The SMILES string of the molecule is CCCCCC#CCCCCCCCCCCC. The van der Waals surface area contributed by atoms with E-state index in [1.165, 1.54) is 77.0 Å². The van der Waals surface area contributed by atoms with Gasteiger partial charge in [0.1, 0.15) is 0 Å². The van der Waals surface area contributed by atoms with E-state index in [1.54, 1.807) is 0 Å². The van der Waals surface area contributed by atoms with Gasteiger partial charge in [-0.3, -0.25) is 0 Å². The molecule has 0 spiro atoms. The fourth-order valence-corrected chi connectivity index (χ4v) is 2.16. The predicted octanol–water partition coefficient (Wildman–Crippen LogP) is 6.49. The first-order chi connectivity index (χ1) is 8.91. The van der Waals surface area contributed by atoms with Crippen molar-refractivity contribution in [3.05, 3.63) is 0 Å². The van der Waals surface area contributed by atoms with Gasteiger partial charge in [-0.2, -0.15) is 0 Å². The summed E-state index contributed by atoms with van der Waals surface area (Å²) in [4.78, 5) is 0. The summed E-state index contributed by atoms with van der Waals surface area (Å²) in [6.07, 6.45) is 18.9. The summed E-state index contributed by atoms with van der Waals surface area (Å²) in [6.45, 7) is 4.53. The molecular weight excluding hydrogens is 216 g/mol. The van der Waals surface area contributed by atoms with Crippen molar-refractivity contribution in [3.8, 4) is 11.8 Å². The Kier molecular flexibility index (Phi) is 16.2. The molecule has 0 amide bonds. The highest BCUT2D eigenvalue weighted by Crippen LogP contribution is 2.10. The molecule has 0 aliphatic heterocycles. The summed E-state index contributed by atoms with van der Waals surface area (Å²) in [5.74, 6) is 6.61. The van der Waals surface area contributed by atoms with E-state index in [0.29, 0.717) is 0 Å². The molecule has 18 heavy (non-hydrogen) atoms. The number of unbranched alkanes of at least 4 members (excludes halogenated alkanes) is 12. The first-order valence-corrected chi connectivity index (χ1v) is 8.37. The maximum Gasteiger partial charge on any atom is 0.00886 e. The molecule has 0 unspecified atom stereocenters. The van der Waals surface area contributed by atoms with E-state index >= 15 is 0 Å². The highest BCUT2D eigenvalue weighted by atomic mass is 14.0. The average molecular weight is 250 g/mol. The number of rotatable bonds is 12. The minimum Gasteiger partial charge on any atom is -0.103 e. The summed E-state index contributed by atoms with van der Waals surface area (Å²) >= 11 is 0. The Morgan fingerprint density at radius 2 is 0.778 bits per heavy atom. The summed E-state index contributed by atoms with van der Waals surface area (Å²) in [7, 11) is 0. The maximum atomic E-state index is 3.31. The Morgan fingerprint density at radius 3 is 1.28 bits per heavy atom. The van der Waals surface area contributed by atoms with Crippen LogP contribution in [-0.4, -0.2) is 0 Å². The van der Waals surface area contributed by atoms with Crippen molar-refractivity contribution in [2.45, 2.75) is 104 Å². The van der Waals surface area contributed by atoms with Gasteiger partial charge < -0.3 is 0 Å². The molecular formula is C18H34. The summed E-state index contributed by atoms with van der Waals surface area (Å²) in [6, 6.07) is 0. The zero-order chi connectivity index (χ0) is 13.3. The summed E-state index contributed by atoms with van der Waals surface area (Å²) in [5.41, 5.74) is 0. The van der Waals surface area contributed by atoms with E-state index in [-0.39, 0.29) is 0 Å². The summed E-state index contributed by atoms with van der Waals surface area (Å²) < 4.78 is 0. The highest BCUT2D eigenvalue weighted by Gasteiger charge is 1.91. The van der Waals surface area contributed by atoms with Gasteiger partial charge in [0.25, 0.3) is 0 Å². The molecule has 0 nitrogen and oxygen atoms in total. The van der Waals surface area contributed by atoms with Crippen LogP contribution in [-0.2, 0) is 0 Å². The fourth-order valence-electron chi connectivity index (χ4n) is 2.16. The van der Waals surface area contributed by atoms with Crippen LogP contribution in [0.4, 0.5) is 0 Å². The average Bonchev–Trinajstić information content (AvgIpc) is 2.39. The lowest BCUT2D eigenvalue weighted by atomic mass is 10.1. The lowest BCUT2D eigenvalue weighted by Gasteiger charge is -2.00. The minimum atomic E-state index is 1.12. The Bertz CT molecular complexity index is 194. The molecule has 0 heterocycles. The van der Waals surface area contributed by atoms with E-state index in [0.717, 1.165) is 12.8 Å². The van der Waals surface area contributed by atoms with Gasteiger partial charge in [0.2, 0.25) is 0 Å². The van der Waals surface area contributed by atoms with Crippen molar-refractivity contribution in [1.82, 2.24) is 0 Å². The molecule has 0 aromatic heterocycles. The first kappa shape index (κ1) is 17.6. The smallest absolute Gasteiger partial charge is 0.00886 e. The highest BCUT2D eigenvalue weighted by molar-refractivity contribution is 4.98. The van der Waals surface area contributed by atoms with Crippen LogP contribution in [0.25, 0.3) is 0 Å². The van der Waals surface area contributed by atoms with Crippen molar-refractivity contribution in [3.63, 3.8) is 0 Å². The lowest BCUT2D eigenvalue weighted by molar-refractivity contribution is 0.567. The molecule has 0 heteroatoms. The topological polar surface area (TPSA) is 0 Å². The van der Waals surface area contributed by atoms with Gasteiger partial charge in [-0.25, -0.2) is 0 Å². The molecule has 0 radical (unpaired) electrons. The number of hydrogen-bond acceptors (Lipinski definition) is 0. The standard InChI is InChI=1S/C18H34/c1-3-5-7-9-11-13-15-17-18-16-14-12-10-8-6-4-2/h3-11,13,15-18H2,1-2H3. The van der Waals surface area contributed by atoms with Gasteiger partial charge in [-0.15, -0.1) is 11.8 Å². The van der Waals surface area contributed by atoms with Crippen LogP contribution in [0.3, 0.4) is 0 Å². The molecule has 0 aromatic rings. The van der Waals surface area contributed by atoms with Crippen molar-refractivity contribution in [1.29, 1.82) is 0 Å². The summed E-state index contributed by atoms with van der Waals surface area (Å²) in [5, 5.41) is 0. The molecule has 0 saturated heterocycles. The van der Waals surface area contributed by atoms with Crippen LogP contribution in [0.1, 0.15) is 104 Å². The van der Waals surface area contributed by atoms with E-state index in [1.807, 2.05) is 0 Å². The molecule has 0 rings (SSSR count). The van der Waals surface area contributed by atoms with Gasteiger partial charge in [0, 0.05) is 12.8 Å². The minimum absolute atomic E-state index is 1.12. The Morgan fingerprint density at radius 1 is 0.444 bits per heavy atom. The molecule has 0 aliphatic rings. The molecule has 0 aromatic carbocycles. The fraction of sp³-hybridized carbons (Fsp3) is 0.889. The van der Waals surface area contributed by atoms with Gasteiger partial charge >= 0.3 is 0 Å². The van der Waals surface area contributed by atoms with E-state index < -0.39 is 0 Å². The van der Waals surface area contributed by atoms with Gasteiger partial charge in [-0.05, 0) is 12.8 Å². The molecule has 106 valence electrons. The molecule has 0 aliphatic carbocycles. The van der Waals surface area contributed by atoms with Gasteiger partial charge in [0.05, 0.1) is 0 Å². The quantitative estimate of drug-likeness (QED) is 0.274. The van der Waals surface area contributed by atoms with Crippen LogP contribution in [0.15, 0.2) is 0 Å². The van der Waals surface area contributed by atoms with E-state index in [9.17, 15) is 0 Å². The largest absolute Gasteiger partial charge is 0.103 e. The van der Waals surface area contributed by atoms with Crippen molar-refractivity contribution in [2.24, 2.45) is 0 Å². The Balaban J connectivity index is 3.02. The second kappa shape index (κ2) is 16.6. The monoisotopic (exact) mass is 250 g/mol. The molecule has 0 atom stereocenters. The van der Waals surface area contributed by atoms with Crippen molar-refractivity contribution >= 4 is 0 Å². The maximum absolute atomic E-state index is 3.31. The van der Waals surface area contributed by atoms with Crippen LogP contribution in [0.5, 0.6) is 0 Å². The zero-order valence-corrected chi connectivity index (χ0v) is 12.9. The molecule has 0 N–H and O–H groups in total.